The van der Waals surface area contributed by atoms with Crippen LogP contribution in [0, 0.1) is 19.7 Å². The molecule has 2 nitrogen and oxygen atoms in total. The molecule has 264 valence electrons. The van der Waals surface area contributed by atoms with Gasteiger partial charge in [0.05, 0.1) is 18.2 Å². The summed E-state index contributed by atoms with van der Waals surface area (Å²) in [6, 6.07) is 21.4. The summed E-state index contributed by atoms with van der Waals surface area (Å²) >= 11 is 0. The minimum absolute atomic E-state index is 0.0929. The van der Waals surface area contributed by atoms with Crippen molar-refractivity contribution in [2.24, 2.45) is 0 Å². The van der Waals surface area contributed by atoms with Gasteiger partial charge in [-0.3, -0.25) is 0 Å². The maximum atomic E-state index is 14.7. The Bertz CT molecular complexity index is 1850. The number of benzene rings is 4. The van der Waals surface area contributed by atoms with Gasteiger partial charge < -0.3 is 10.1 Å². The van der Waals surface area contributed by atoms with Crippen LogP contribution in [-0.4, -0.2) is 12.6 Å². The molecule has 0 bridgehead atoms. The lowest BCUT2D eigenvalue weighted by Crippen LogP contribution is -2.43. The summed E-state index contributed by atoms with van der Waals surface area (Å²) < 4.78 is 62.4. The third-order valence-electron chi connectivity index (χ3n) is 9.73. The van der Waals surface area contributed by atoms with E-state index in [9.17, 15) is 17.6 Å². The number of ether oxygens (including phenoxy) is 1. The summed E-state index contributed by atoms with van der Waals surface area (Å²) in [6.45, 7) is 14.5. The standard InChI is InChI=1S/C44H49F4NO/c1-8-10-11-14-33-20-26-42(45)38(27-33)24-22-36-16-13-18-40(31(36)4)39-17-12-15-35(30(39)3)21-23-37-28-34(19-25-41(37)44(46,47)48)29-49-43(6,9-2)32(5)50-7/h12-13,15-28,49H,5,8-11,14,29H2,1-4,6-7H3/b23-21+,24-22+/t43-/m0/s1. The molecule has 50 heavy (non-hydrogen) atoms. The predicted octanol–water partition coefficient (Wildman–Crippen LogP) is 12.6. The fourth-order valence-electron chi connectivity index (χ4n) is 6.13. The van der Waals surface area contributed by atoms with Crippen LogP contribution in [0.2, 0.25) is 0 Å². The topological polar surface area (TPSA) is 21.3 Å². The number of rotatable bonds is 15. The van der Waals surface area contributed by atoms with Crippen molar-refractivity contribution in [3.63, 3.8) is 0 Å². The summed E-state index contributed by atoms with van der Waals surface area (Å²) in [5.41, 5.74) is 7.03. The fourth-order valence-corrected chi connectivity index (χ4v) is 6.13. The van der Waals surface area contributed by atoms with Gasteiger partial charge in [-0.05, 0) is 114 Å². The molecule has 0 aliphatic carbocycles. The van der Waals surface area contributed by atoms with Gasteiger partial charge in [0, 0.05) is 12.1 Å². The number of unbranched alkanes of at least 4 members (excludes halogenated alkanes) is 2. The zero-order valence-electron chi connectivity index (χ0n) is 30.1. The van der Waals surface area contributed by atoms with Crippen LogP contribution >= 0.6 is 0 Å². The highest BCUT2D eigenvalue weighted by atomic mass is 19.4. The van der Waals surface area contributed by atoms with Gasteiger partial charge in [-0.2, -0.15) is 13.2 Å². The van der Waals surface area contributed by atoms with E-state index in [2.05, 4.69) is 18.8 Å². The van der Waals surface area contributed by atoms with Crippen molar-refractivity contribution >= 4 is 24.3 Å². The minimum atomic E-state index is -4.50. The van der Waals surface area contributed by atoms with Crippen molar-refractivity contribution in [1.29, 1.82) is 0 Å². The van der Waals surface area contributed by atoms with E-state index in [-0.39, 0.29) is 11.4 Å². The van der Waals surface area contributed by atoms with E-state index in [1.54, 1.807) is 31.4 Å². The quantitative estimate of drug-likeness (QED) is 0.0583. The molecular weight excluding hydrogens is 634 g/mol. The molecule has 0 radical (unpaired) electrons. The first-order valence-corrected chi connectivity index (χ1v) is 17.3. The maximum absolute atomic E-state index is 14.7. The number of nitrogens with one attached hydrogen (secondary N) is 1. The molecule has 6 heteroatoms. The monoisotopic (exact) mass is 683 g/mol. The highest BCUT2D eigenvalue weighted by molar-refractivity contribution is 5.82. The Labute approximate surface area is 295 Å². The van der Waals surface area contributed by atoms with Crippen LogP contribution in [0.5, 0.6) is 0 Å². The zero-order valence-corrected chi connectivity index (χ0v) is 30.1. The van der Waals surface area contributed by atoms with Gasteiger partial charge in [0.15, 0.2) is 0 Å². The summed E-state index contributed by atoms with van der Waals surface area (Å²) in [4.78, 5) is 0. The second-order valence-electron chi connectivity index (χ2n) is 13.1. The first-order chi connectivity index (χ1) is 23.8. The zero-order chi connectivity index (χ0) is 36.5. The van der Waals surface area contributed by atoms with E-state index < -0.39 is 17.3 Å². The second-order valence-corrected chi connectivity index (χ2v) is 13.1. The first-order valence-electron chi connectivity index (χ1n) is 17.3. The number of hydrogen-bond acceptors (Lipinski definition) is 2. The average molecular weight is 684 g/mol. The highest BCUT2D eigenvalue weighted by Crippen LogP contribution is 2.35. The van der Waals surface area contributed by atoms with Crippen LogP contribution in [0.3, 0.4) is 0 Å². The summed E-state index contributed by atoms with van der Waals surface area (Å²) in [5.74, 6) is 0.313. The van der Waals surface area contributed by atoms with Gasteiger partial charge in [-0.15, -0.1) is 0 Å². The Hall–Kier alpha value is -4.42. The molecular formula is C44H49F4NO. The largest absolute Gasteiger partial charge is 0.500 e. The predicted molar refractivity (Wildman–Crippen MR) is 202 cm³/mol. The lowest BCUT2D eigenvalue weighted by Gasteiger charge is -2.31. The van der Waals surface area contributed by atoms with E-state index in [1.807, 2.05) is 88.4 Å². The molecule has 1 atom stereocenters. The second kappa shape index (κ2) is 17.0. The first kappa shape index (κ1) is 38.4. The van der Waals surface area contributed by atoms with Crippen molar-refractivity contribution < 1.29 is 22.3 Å². The van der Waals surface area contributed by atoms with Crippen LogP contribution in [0.1, 0.15) is 96.5 Å². The number of halogens is 4. The van der Waals surface area contributed by atoms with Crippen molar-refractivity contribution in [2.75, 3.05) is 7.11 Å². The smallest absolute Gasteiger partial charge is 0.416 e. The fraction of sp³-hybridized carbons (Fsp3) is 0.318. The van der Waals surface area contributed by atoms with Crippen LogP contribution < -0.4 is 5.32 Å². The lowest BCUT2D eigenvalue weighted by molar-refractivity contribution is -0.137. The van der Waals surface area contributed by atoms with Gasteiger partial charge >= 0.3 is 6.18 Å². The summed E-state index contributed by atoms with van der Waals surface area (Å²) in [6.07, 6.45) is 7.56. The number of aryl methyl sites for hydroxylation is 1. The Morgan fingerprint density at radius 1 is 0.760 bits per heavy atom. The molecule has 0 heterocycles. The third kappa shape index (κ3) is 9.42. The summed E-state index contributed by atoms with van der Waals surface area (Å²) in [5, 5.41) is 3.40. The lowest BCUT2D eigenvalue weighted by atomic mass is 9.90. The number of methoxy groups -OCH3 is 1. The maximum Gasteiger partial charge on any atom is 0.416 e. The molecule has 0 unspecified atom stereocenters. The number of hydrogen-bond donors (Lipinski definition) is 1. The molecule has 4 aromatic carbocycles. The van der Waals surface area contributed by atoms with E-state index in [0.717, 1.165) is 76.3 Å². The van der Waals surface area contributed by atoms with Crippen molar-refractivity contribution in [3.8, 4) is 11.1 Å². The number of alkyl halides is 3. The van der Waals surface area contributed by atoms with Crippen molar-refractivity contribution in [1.82, 2.24) is 5.32 Å². The Balaban J connectivity index is 1.63. The molecule has 0 amide bonds. The molecule has 4 aromatic rings. The van der Waals surface area contributed by atoms with Gasteiger partial charge in [-0.1, -0.05) is 106 Å². The Morgan fingerprint density at radius 2 is 1.32 bits per heavy atom. The Morgan fingerprint density at radius 3 is 1.88 bits per heavy atom. The van der Waals surface area contributed by atoms with Crippen LogP contribution in [-0.2, 0) is 23.9 Å². The van der Waals surface area contributed by atoms with Gasteiger partial charge in [0.25, 0.3) is 0 Å². The van der Waals surface area contributed by atoms with Gasteiger partial charge in [-0.25, -0.2) is 4.39 Å². The summed E-state index contributed by atoms with van der Waals surface area (Å²) in [7, 11) is 1.56. The van der Waals surface area contributed by atoms with E-state index in [4.69, 9.17) is 4.74 Å². The normalized spacial score (nSPS) is 13.2. The van der Waals surface area contributed by atoms with Crippen LogP contribution in [0.4, 0.5) is 17.6 Å². The molecule has 0 saturated heterocycles. The van der Waals surface area contributed by atoms with E-state index >= 15 is 0 Å². The molecule has 0 aliphatic rings. The Kier molecular flexibility index (Phi) is 13.0. The molecule has 0 fully saturated rings. The van der Waals surface area contributed by atoms with Crippen LogP contribution in [0.25, 0.3) is 35.4 Å². The van der Waals surface area contributed by atoms with E-state index in [0.29, 0.717) is 24.3 Å². The van der Waals surface area contributed by atoms with Gasteiger partial charge in [0.2, 0.25) is 0 Å². The van der Waals surface area contributed by atoms with Crippen molar-refractivity contribution in [2.45, 2.75) is 85.0 Å². The molecule has 4 rings (SSSR count). The molecule has 0 saturated carbocycles. The van der Waals surface area contributed by atoms with Crippen molar-refractivity contribution in [3.05, 3.63) is 141 Å². The molecule has 0 aromatic heterocycles. The minimum Gasteiger partial charge on any atom is -0.500 e. The molecule has 1 N–H and O–H groups in total. The highest BCUT2D eigenvalue weighted by Gasteiger charge is 2.33. The van der Waals surface area contributed by atoms with E-state index in [1.165, 1.54) is 6.07 Å². The SMILES string of the molecule is C=C(OC)[C@](C)(CC)NCc1ccc(C(F)(F)F)c(/C=C/c2cccc(-c3cccc(/C=C/c4cc(CCCCC)ccc4F)c3C)c2C)c1. The van der Waals surface area contributed by atoms with Crippen LogP contribution in [0.15, 0.2) is 85.1 Å². The molecule has 0 aliphatic heterocycles. The average Bonchev–Trinajstić information content (AvgIpc) is 3.10. The van der Waals surface area contributed by atoms with Gasteiger partial charge in [0.1, 0.15) is 11.6 Å². The molecule has 0 spiro atoms. The third-order valence-corrected chi connectivity index (χ3v) is 9.73.